The van der Waals surface area contributed by atoms with Gasteiger partial charge in [-0.3, -0.25) is 10.1 Å². The van der Waals surface area contributed by atoms with Crippen LogP contribution in [0.15, 0.2) is 36.7 Å². The van der Waals surface area contributed by atoms with Crippen LogP contribution in [0.4, 0.5) is 21.6 Å². The molecular weight excluding hydrogens is 375 g/mol. The van der Waals surface area contributed by atoms with Gasteiger partial charge in [0, 0.05) is 17.8 Å². The average Bonchev–Trinajstić information content (AvgIpc) is 2.64. The van der Waals surface area contributed by atoms with Gasteiger partial charge in [0.1, 0.15) is 18.0 Å². The lowest BCUT2D eigenvalue weighted by molar-refractivity contribution is -0.385. The standard InChI is InChI=1S/C18H16ClFN4O3/c1-2-3-6-27-17-9-15-12(8-16(17)24(25)26)18(22-10-21-15)23-11-4-5-14(20)13(19)7-11/h4-5,7-10H,2-3,6H2,1H3,(H,21,22,23). The minimum atomic E-state index is -0.542. The normalized spacial score (nSPS) is 10.8. The Balaban J connectivity index is 2.02. The van der Waals surface area contributed by atoms with E-state index in [1.165, 1.54) is 36.7 Å². The molecule has 27 heavy (non-hydrogen) atoms. The number of ether oxygens (including phenoxy) is 1. The van der Waals surface area contributed by atoms with E-state index in [1.54, 1.807) is 0 Å². The minimum Gasteiger partial charge on any atom is -0.487 e. The van der Waals surface area contributed by atoms with E-state index in [0.717, 1.165) is 12.8 Å². The molecule has 1 N–H and O–H groups in total. The topological polar surface area (TPSA) is 90.2 Å². The number of anilines is 2. The maximum absolute atomic E-state index is 13.3. The summed E-state index contributed by atoms with van der Waals surface area (Å²) in [5, 5.41) is 14.8. The van der Waals surface area contributed by atoms with Crippen LogP contribution in [0, 0.1) is 15.9 Å². The summed E-state index contributed by atoms with van der Waals surface area (Å²) in [4.78, 5) is 19.2. The van der Waals surface area contributed by atoms with E-state index in [2.05, 4.69) is 15.3 Å². The molecule has 0 unspecified atom stereocenters. The van der Waals surface area contributed by atoms with Crippen LogP contribution >= 0.6 is 11.6 Å². The first-order valence-electron chi connectivity index (χ1n) is 8.27. The third-order valence-electron chi connectivity index (χ3n) is 3.85. The van der Waals surface area contributed by atoms with Crippen LogP contribution in [0.3, 0.4) is 0 Å². The first-order chi connectivity index (χ1) is 13.0. The van der Waals surface area contributed by atoms with Gasteiger partial charge in [0.25, 0.3) is 0 Å². The van der Waals surface area contributed by atoms with E-state index >= 15 is 0 Å². The van der Waals surface area contributed by atoms with E-state index in [4.69, 9.17) is 16.3 Å². The van der Waals surface area contributed by atoms with E-state index in [-0.39, 0.29) is 16.5 Å². The van der Waals surface area contributed by atoms with E-state index in [9.17, 15) is 14.5 Å². The average molecular weight is 391 g/mol. The molecule has 0 aliphatic rings. The summed E-state index contributed by atoms with van der Waals surface area (Å²) in [6.45, 7) is 2.39. The van der Waals surface area contributed by atoms with Crippen LogP contribution < -0.4 is 10.1 Å². The predicted octanol–water partition coefficient (Wildman–Crippen LogP) is 5.25. The van der Waals surface area contributed by atoms with Crippen molar-refractivity contribution in [2.24, 2.45) is 0 Å². The number of nitrogens with zero attached hydrogens (tertiary/aromatic N) is 3. The van der Waals surface area contributed by atoms with Crippen LogP contribution in [0.25, 0.3) is 10.9 Å². The van der Waals surface area contributed by atoms with Crippen molar-refractivity contribution in [3.8, 4) is 5.75 Å². The smallest absolute Gasteiger partial charge is 0.311 e. The maximum Gasteiger partial charge on any atom is 0.311 e. The number of rotatable bonds is 7. The van der Waals surface area contributed by atoms with Gasteiger partial charge in [0.05, 0.1) is 27.5 Å². The van der Waals surface area contributed by atoms with Gasteiger partial charge >= 0.3 is 5.69 Å². The molecule has 0 fully saturated rings. The van der Waals surface area contributed by atoms with Gasteiger partial charge in [-0.25, -0.2) is 14.4 Å². The highest BCUT2D eigenvalue weighted by atomic mass is 35.5. The van der Waals surface area contributed by atoms with Crippen LogP contribution in [0.2, 0.25) is 5.02 Å². The largest absolute Gasteiger partial charge is 0.487 e. The van der Waals surface area contributed by atoms with Gasteiger partial charge in [0.15, 0.2) is 5.75 Å². The lowest BCUT2D eigenvalue weighted by Crippen LogP contribution is -2.02. The molecule has 0 spiro atoms. The summed E-state index contributed by atoms with van der Waals surface area (Å²) in [5.41, 5.74) is 0.804. The molecule has 0 amide bonds. The molecule has 0 radical (unpaired) electrons. The Morgan fingerprint density at radius 1 is 1.30 bits per heavy atom. The number of unbranched alkanes of at least 4 members (excludes halogenated alkanes) is 1. The van der Waals surface area contributed by atoms with Gasteiger partial charge in [-0.2, -0.15) is 0 Å². The van der Waals surface area contributed by atoms with E-state index in [0.29, 0.717) is 29.0 Å². The van der Waals surface area contributed by atoms with Gasteiger partial charge in [0.2, 0.25) is 0 Å². The minimum absolute atomic E-state index is 0.0454. The lowest BCUT2D eigenvalue weighted by Gasteiger charge is -2.11. The third-order valence-corrected chi connectivity index (χ3v) is 4.14. The zero-order chi connectivity index (χ0) is 19.4. The first-order valence-corrected chi connectivity index (χ1v) is 8.65. The monoisotopic (exact) mass is 390 g/mol. The summed E-state index contributed by atoms with van der Waals surface area (Å²) in [7, 11) is 0. The Morgan fingerprint density at radius 2 is 2.11 bits per heavy atom. The summed E-state index contributed by atoms with van der Waals surface area (Å²) in [5.74, 6) is -0.0411. The molecule has 0 atom stereocenters. The Kier molecular flexibility index (Phi) is 5.66. The van der Waals surface area contributed by atoms with Gasteiger partial charge in [-0.15, -0.1) is 0 Å². The number of fused-ring (bicyclic) bond motifs is 1. The number of nitro groups is 1. The summed E-state index contributed by atoms with van der Waals surface area (Å²) in [6.07, 6.45) is 3.03. The zero-order valence-corrected chi connectivity index (χ0v) is 15.2. The van der Waals surface area contributed by atoms with Crippen LogP contribution in [-0.4, -0.2) is 21.5 Å². The second-order valence-electron chi connectivity index (χ2n) is 5.77. The number of hydrogen-bond acceptors (Lipinski definition) is 6. The molecule has 0 saturated carbocycles. The van der Waals surface area contributed by atoms with Crippen molar-refractivity contribution < 1.29 is 14.1 Å². The molecule has 0 bridgehead atoms. The van der Waals surface area contributed by atoms with Gasteiger partial charge in [-0.1, -0.05) is 24.9 Å². The highest BCUT2D eigenvalue weighted by molar-refractivity contribution is 6.31. The Labute approximate surface area is 159 Å². The Bertz CT molecular complexity index is 1000. The Morgan fingerprint density at radius 3 is 2.81 bits per heavy atom. The number of aromatic nitrogens is 2. The highest BCUT2D eigenvalue weighted by Gasteiger charge is 2.19. The van der Waals surface area contributed by atoms with Crippen LogP contribution in [0.1, 0.15) is 19.8 Å². The van der Waals surface area contributed by atoms with Crippen molar-refractivity contribution in [3.05, 3.63) is 57.6 Å². The molecule has 0 aliphatic carbocycles. The fourth-order valence-electron chi connectivity index (χ4n) is 2.47. The molecular formula is C18H16ClFN4O3. The van der Waals surface area contributed by atoms with E-state index < -0.39 is 10.7 Å². The highest BCUT2D eigenvalue weighted by Crippen LogP contribution is 2.35. The van der Waals surface area contributed by atoms with Crippen molar-refractivity contribution in [2.75, 3.05) is 11.9 Å². The number of halogens is 2. The molecule has 9 heteroatoms. The molecule has 2 aromatic carbocycles. The number of hydrogen-bond donors (Lipinski definition) is 1. The molecule has 3 aromatic rings. The molecule has 0 saturated heterocycles. The fourth-order valence-corrected chi connectivity index (χ4v) is 2.65. The number of nitrogens with one attached hydrogen (secondary N) is 1. The van der Waals surface area contributed by atoms with Crippen molar-refractivity contribution in [2.45, 2.75) is 19.8 Å². The molecule has 1 aromatic heterocycles. The molecule has 0 aliphatic heterocycles. The van der Waals surface area contributed by atoms with Crippen LogP contribution in [-0.2, 0) is 0 Å². The van der Waals surface area contributed by atoms with Crippen LogP contribution in [0.5, 0.6) is 5.75 Å². The van der Waals surface area contributed by atoms with Crippen molar-refractivity contribution >= 4 is 39.7 Å². The second kappa shape index (κ2) is 8.13. The predicted molar refractivity (Wildman–Crippen MR) is 101 cm³/mol. The van der Waals surface area contributed by atoms with Gasteiger partial charge < -0.3 is 10.1 Å². The van der Waals surface area contributed by atoms with Crippen molar-refractivity contribution in [1.82, 2.24) is 9.97 Å². The quantitative estimate of drug-likeness (QED) is 0.336. The molecule has 140 valence electrons. The molecule has 1 heterocycles. The van der Waals surface area contributed by atoms with Crippen molar-refractivity contribution in [3.63, 3.8) is 0 Å². The van der Waals surface area contributed by atoms with Crippen molar-refractivity contribution in [1.29, 1.82) is 0 Å². The SMILES string of the molecule is CCCCOc1cc2ncnc(Nc3ccc(F)c(Cl)c3)c2cc1[N+](=O)[O-]. The van der Waals surface area contributed by atoms with Gasteiger partial charge in [-0.05, 0) is 24.6 Å². The summed E-state index contributed by atoms with van der Waals surface area (Å²) < 4.78 is 18.9. The Hall–Kier alpha value is -3.00. The third kappa shape index (κ3) is 4.22. The lowest BCUT2D eigenvalue weighted by atomic mass is 10.2. The fraction of sp³-hybridized carbons (Fsp3) is 0.222. The number of benzene rings is 2. The molecule has 7 nitrogen and oxygen atoms in total. The maximum atomic E-state index is 13.3. The number of nitro benzene ring substituents is 1. The zero-order valence-electron chi connectivity index (χ0n) is 14.4. The first kappa shape index (κ1) is 18.8. The second-order valence-corrected chi connectivity index (χ2v) is 6.18. The summed E-state index contributed by atoms with van der Waals surface area (Å²) >= 11 is 5.79. The summed E-state index contributed by atoms with van der Waals surface area (Å²) in [6, 6.07) is 7.00. The molecule has 3 rings (SSSR count). The van der Waals surface area contributed by atoms with E-state index in [1.807, 2.05) is 6.92 Å².